The summed E-state index contributed by atoms with van der Waals surface area (Å²) in [5.74, 6) is 1.07. The average molecular weight is 341 g/mol. The first-order chi connectivity index (χ1) is 11.4. The summed E-state index contributed by atoms with van der Waals surface area (Å²) in [5, 5.41) is 8.06. The minimum atomic E-state index is -0.167. The summed E-state index contributed by atoms with van der Waals surface area (Å²) in [6.07, 6.45) is 11.7. The van der Waals surface area contributed by atoms with E-state index in [9.17, 15) is 0 Å². The lowest BCUT2D eigenvalue weighted by Gasteiger charge is -2.41. The lowest BCUT2D eigenvalue weighted by atomic mass is 9.86. The highest BCUT2D eigenvalue weighted by atomic mass is 16.3. The molecule has 2 fully saturated rings. The molecule has 0 bridgehead atoms. The lowest BCUT2D eigenvalue weighted by molar-refractivity contribution is 0.0633. The van der Waals surface area contributed by atoms with E-state index in [1.54, 1.807) is 13.8 Å². The molecule has 0 spiro atoms. The van der Waals surface area contributed by atoms with Crippen molar-refractivity contribution in [3.63, 3.8) is 0 Å². The Morgan fingerprint density at radius 1 is 0.958 bits per heavy atom. The van der Waals surface area contributed by atoms with Crippen molar-refractivity contribution in [2.75, 3.05) is 26.2 Å². The fraction of sp³-hybridized carbons (Fsp3) is 1.00. The molecule has 0 aromatic rings. The normalized spacial score (nSPS) is 24.2. The second-order valence-electron chi connectivity index (χ2n) is 8.57. The van der Waals surface area contributed by atoms with E-state index >= 15 is 0 Å². The van der Waals surface area contributed by atoms with Gasteiger partial charge in [-0.2, -0.15) is 0 Å². The molecule has 0 aromatic heterocycles. The van der Waals surface area contributed by atoms with Crippen LogP contribution >= 0.6 is 0 Å². The molecular weight excluding hydrogens is 296 g/mol. The maximum atomic E-state index is 8.06. The van der Waals surface area contributed by atoms with Gasteiger partial charge in [0.25, 0.3) is 0 Å². The van der Waals surface area contributed by atoms with E-state index in [1.807, 2.05) is 0 Å². The van der Waals surface area contributed by atoms with Gasteiger partial charge >= 0.3 is 0 Å². The van der Waals surface area contributed by atoms with Gasteiger partial charge in [0.05, 0.1) is 0 Å². The standard InChI is InChI=1S/C18H36N2.C3H8O/c1-16(2)20-14-13-19(17(3)15-20)12-8-7-11-18-9-5-4-6-10-18;1-3(2)4/h16-18H,4-15H2,1-3H3;3-4H,1-2H3. The summed E-state index contributed by atoms with van der Waals surface area (Å²) in [6, 6.07) is 1.46. The first kappa shape index (κ1) is 21.9. The highest BCUT2D eigenvalue weighted by molar-refractivity contribution is 4.80. The third-order valence-corrected chi connectivity index (χ3v) is 5.56. The van der Waals surface area contributed by atoms with Gasteiger partial charge < -0.3 is 5.11 Å². The zero-order valence-corrected chi connectivity index (χ0v) is 17.1. The maximum absolute atomic E-state index is 8.06. The molecule has 2 aliphatic rings. The van der Waals surface area contributed by atoms with Crippen LogP contribution in [0.4, 0.5) is 0 Å². The second-order valence-corrected chi connectivity index (χ2v) is 8.57. The Bertz CT molecular complexity index is 297. The van der Waals surface area contributed by atoms with Gasteiger partial charge in [0.15, 0.2) is 0 Å². The van der Waals surface area contributed by atoms with Crippen molar-refractivity contribution in [1.82, 2.24) is 9.80 Å². The zero-order chi connectivity index (χ0) is 17.9. The van der Waals surface area contributed by atoms with Crippen LogP contribution in [0.2, 0.25) is 0 Å². The molecule has 3 nitrogen and oxygen atoms in total. The summed E-state index contributed by atoms with van der Waals surface area (Å²) in [6.45, 7) is 15.7. The van der Waals surface area contributed by atoms with Gasteiger partial charge in [-0.1, -0.05) is 44.9 Å². The van der Waals surface area contributed by atoms with E-state index in [0.717, 1.165) is 12.0 Å². The Labute approximate surface area is 151 Å². The van der Waals surface area contributed by atoms with E-state index in [1.165, 1.54) is 77.5 Å². The monoisotopic (exact) mass is 340 g/mol. The Kier molecular flexibility index (Phi) is 11.2. The largest absolute Gasteiger partial charge is 0.394 e. The van der Waals surface area contributed by atoms with Crippen LogP contribution in [-0.4, -0.2) is 59.3 Å². The molecule has 1 atom stereocenters. The smallest absolute Gasteiger partial charge is 0.0483 e. The minimum Gasteiger partial charge on any atom is -0.394 e. The van der Waals surface area contributed by atoms with Crippen LogP contribution in [0.25, 0.3) is 0 Å². The van der Waals surface area contributed by atoms with Crippen LogP contribution in [0.3, 0.4) is 0 Å². The summed E-state index contributed by atoms with van der Waals surface area (Å²) in [7, 11) is 0. The molecule has 1 unspecified atom stereocenters. The average Bonchev–Trinajstić information content (AvgIpc) is 2.53. The van der Waals surface area contributed by atoms with Crippen molar-refractivity contribution < 1.29 is 5.11 Å². The number of unbranched alkanes of at least 4 members (excludes halogenated alkanes) is 1. The molecule has 0 aromatic carbocycles. The molecule has 1 heterocycles. The van der Waals surface area contributed by atoms with Gasteiger partial charge in [-0.25, -0.2) is 0 Å². The molecule has 1 aliphatic carbocycles. The van der Waals surface area contributed by atoms with E-state index in [2.05, 4.69) is 30.6 Å². The molecule has 0 radical (unpaired) electrons. The van der Waals surface area contributed by atoms with Gasteiger partial charge in [0.1, 0.15) is 0 Å². The molecule has 3 heteroatoms. The molecule has 1 saturated carbocycles. The number of rotatable bonds is 6. The number of hydrogen-bond acceptors (Lipinski definition) is 3. The summed E-state index contributed by atoms with van der Waals surface area (Å²) >= 11 is 0. The molecule has 1 saturated heterocycles. The first-order valence-electron chi connectivity index (χ1n) is 10.6. The van der Waals surface area contributed by atoms with E-state index in [0.29, 0.717) is 6.04 Å². The van der Waals surface area contributed by atoms with Crippen LogP contribution in [0.5, 0.6) is 0 Å². The maximum Gasteiger partial charge on any atom is 0.0483 e. The Balaban J connectivity index is 0.000000648. The number of aliphatic hydroxyl groups excluding tert-OH is 1. The number of aliphatic hydroxyl groups is 1. The van der Waals surface area contributed by atoms with Crippen LogP contribution < -0.4 is 0 Å². The van der Waals surface area contributed by atoms with Crippen LogP contribution in [0.1, 0.15) is 86.0 Å². The van der Waals surface area contributed by atoms with Crippen molar-refractivity contribution >= 4 is 0 Å². The molecule has 1 aliphatic heterocycles. The van der Waals surface area contributed by atoms with Gasteiger partial charge in [-0.3, -0.25) is 9.80 Å². The van der Waals surface area contributed by atoms with Gasteiger partial charge in [0.2, 0.25) is 0 Å². The van der Waals surface area contributed by atoms with Crippen molar-refractivity contribution in [2.45, 2.75) is 104 Å². The number of nitrogens with zero attached hydrogens (tertiary/aromatic N) is 2. The summed E-state index contributed by atoms with van der Waals surface area (Å²) in [4.78, 5) is 5.35. The van der Waals surface area contributed by atoms with Crippen molar-refractivity contribution in [3.8, 4) is 0 Å². The molecule has 144 valence electrons. The SMILES string of the molecule is CC(C)N1CCN(CCCCC2CCCCC2)C(C)C1.CC(C)O. The highest BCUT2D eigenvalue weighted by Gasteiger charge is 2.24. The second kappa shape index (κ2) is 12.3. The van der Waals surface area contributed by atoms with Crippen molar-refractivity contribution in [1.29, 1.82) is 0 Å². The quantitative estimate of drug-likeness (QED) is 0.719. The third-order valence-electron chi connectivity index (χ3n) is 5.56. The van der Waals surface area contributed by atoms with Crippen LogP contribution in [0.15, 0.2) is 0 Å². The summed E-state index contributed by atoms with van der Waals surface area (Å²) in [5.41, 5.74) is 0. The topological polar surface area (TPSA) is 26.7 Å². The number of hydrogen-bond donors (Lipinski definition) is 1. The fourth-order valence-corrected chi connectivity index (χ4v) is 4.05. The first-order valence-corrected chi connectivity index (χ1v) is 10.6. The molecule has 0 amide bonds. The molecule has 24 heavy (non-hydrogen) atoms. The summed E-state index contributed by atoms with van der Waals surface area (Å²) < 4.78 is 0. The van der Waals surface area contributed by atoms with E-state index in [4.69, 9.17) is 5.11 Å². The van der Waals surface area contributed by atoms with Gasteiger partial charge in [-0.05, 0) is 53.5 Å². The predicted molar refractivity (Wildman–Crippen MR) is 106 cm³/mol. The Morgan fingerprint density at radius 3 is 2.12 bits per heavy atom. The molecule has 2 rings (SSSR count). The van der Waals surface area contributed by atoms with Crippen molar-refractivity contribution in [3.05, 3.63) is 0 Å². The van der Waals surface area contributed by atoms with Crippen LogP contribution in [-0.2, 0) is 0 Å². The van der Waals surface area contributed by atoms with Crippen LogP contribution in [0, 0.1) is 5.92 Å². The van der Waals surface area contributed by atoms with Gasteiger partial charge in [0, 0.05) is 37.8 Å². The van der Waals surface area contributed by atoms with E-state index in [-0.39, 0.29) is 6.10 Å². The lowest BCUT2D eigenvalue weighted by Crippen LogP contribution is -2.53. The number of piperazine rings is 1. The fourth-order valence-electron chi connectivity index (χ4n) is 4.05. The van der Waals surface area contributed by atoms with E-state index < -0.39 is 0 Å². The Morgan fingerprint density at radius 2 is 1.58 bits per heavy atom. The third kappa shape index (κ3) is 9.39. The van der Waals surface area contributed by atoms with Gasteiger partial charge in [-0.15, -0.1) is 0 Å². The molecular formula is C21H44N2O. The highest BCUT2D eigenvalue weighted by Crippen LogP contribution is 2.27. The van der Waals surface area contributed by atoms with Crippen molar-refractivity contribution in [2.24, 2.45) is 5.92 Å². The molecule has 1 N–H and O–H groups in total. The Hall–Kier alpha value is -0.120. The predicted octanol–water partition coefficient (Wildman–Crippen LogP) is 4.54. The zero-order valence-electron chi connectivity index (χ0n) is 17.1. The minimum absolute atomic E-state index is 0.167.